The van der Waals surface area contributed by atoms with Gasteiger partial charge in [-0.25, -0.2) is 4.79 Å². The van der Waals surface area contributed by atoms with Crippen molar-refractivity contribution < 1.29 is 27.8 Å². The molecule has 0 unspecified atom stereocenters. The largest absolute Gasteiger partial charge is 0.479 e. The Labute approximate surface area is 195 Å². The molecule has 0 saturated carbocycles. The summed E-state index contributed by atoms with van der Waals surface area (Å²) in [7, 11) is 0. The number of aliphatic carboxylic acids is 1. The lowest BCUT2D eigenvalue weighted by molar-refractivity contribution is -0.160. The van der Waals surface area contributed by atoms with Crippen molar-refractivity contribution in [2.75, 3.05) is 0 Å². The van der Waals surface area contributed by atoms with Gasteiger partial charge in [-0.1, -0.05) is 42.5 Å². The Bertz CT molecular complexity index is 1400. The summed E-state index contributed by atoms with van der Waals surface area (Å²) in [6, 6.07) is 14.5. The Morgan fingerprint density at radius 2 is 1.68 bits per heavy atom. The fourth-order valence-electron chi connectivity index (χ4n) is 4.34. The summed E-state index contributed by atoms with van der Waals surface area (Å²) in [5.74, 6) is -1.18. The van der Waals surface area contributed by atoms with Crippen molar-refractivity contribution in [1.29, 1.82) is 0 Å². The van der Waals surface area contributed by atoms with Crippen LogP contribution >= 0.6 is 0 Å². The molecule has 0 aliphatic heterocycles. The highest BCUT2D eigenvalue weighted by molar-refractivity contribution is 6.07. The maximum absolute atomic E-state index is 13.7. The van der Waals surface area contributed by atoms with Crippen molar-refractivity contribution in [1.82, 2.24) is 4.98 Å². The van der Waals surface area contributed by atoms with Gasteiger partial charge in [-0.2, -0.15) is 13.2 Å². The second-order valence-electron chi connectivity index (χ2n) is 9.21. The first-order valence-electron chi connectivity index (χ1n) is 10.8. The lowest BCUT2D eigenvalue weighted by Gasteiger charge is -2.29. The number of aromatic nitrogens is 1. The van der Waals surface area contributed by atoms with Crippen LogP contribution in [0, 0.1) is 6.92 Å². The van der Waals surface area contributed by atoms with Crippen molar-refractivity contribution in [3.05, 3.63) is 77.5 Å². The number of aryl methyl sites for hydroxylation is 1. The van der Waals surface area contributed by atoms with E-state index >= 15 is 0 Å². The van der Waals surface area contributed by atoms with Crippen LogP contribution in [0.2, 0.25) is 0 Å². The minimum Gasteiger partial charge on any atom is -0.479 e. The first kappa shape index (κ1) is 23.7. The molecule has 0 aliphatic carbocycles. The van der Waals surface area contributed by atoms with Gasteiger partial charge in [0.25, 0.3) is 0 Å². The SMILES string of the molecule is Cc1cc2ccccc2c(-c2ccc(C(F)(F)F)c3cccnc23)c1[C@H](OC(C)(C)C)C(=O)O. The predicted octanol–water partition coefficient (Wildman–Crippen LogP) is 7.32. The Morgan fingerprint density at radius 3 is 2.32 bits per heavy atom. The van der Waals surface area contributed by atoms with E-state index in [-0.39, 0.29) is 10.9 Å². The van der Waals surface area contributed by atoms with Crippen LogP contribution in [0.4, 0.5) is 13.2 Å². The number of benzene rings is 3. The monoisotopic (exact) mass is 467 g/mol. The molecular weight excluding hydrogens is 443 g/mol. The molecule has 0 aliphatic rings. The van der Waals surface area contributed by atoms with Crippen molar-refractivity contribution in [3.63, 3.8) is 0 Å². The molecule has 3 aromatic carbocycles. The summed E-state index contributed by atoms with van der Waals surface area (Å²) in [4.78, 5) is 16.7. The zero-order chi connectivity index (χ0) is 24.8. The molecule has 4 rings (SSSR count). The Kier molecular flexibility index (Phi) is 5.85. The van der Waals surface area contributed by atoms with E-state index in [9.17, 15) is 23.1 Å². The van der Waals surface area contributed by atoms with Crippen LogP contribution in [0.25, 0.3) is 32.8 Å². The number of alkyl halides is 3. The quantitative estimate of drug-likeness (QED) is 0.342. The van der Waals surface area contributed by atoms with E-state index in [4.69, 9.17) is 4.74 Å². The van der Waals surface area contributed by atoms with Gasteiger partial charge in [0.05, 0.1) is 16.7 Å². The highest BCUT2D eigenvalue weighted by Gasteiger charge is 2.35. The Hall–Kier alpha value is -3.45. The second-order valence-corrected chi connectivity index (χ2v) is 9.21. The molecular formula is C27H24F3NO3. The van der Waals surface area contributed by atoms with Gasteiger partial charge in [0.2, 0.25) is 0 Å². The maximum atomic E-state index is 13.7. The lowest BCUT2D eigenvalue weighted by Crippen LogP contribution is -2.28. The Morgan fingerprint density at radius 1 is 1.00 bits per heavy atom. The molecule has 1 heterocycles. The number of ether oxygens (including phenoxy) is 1. The van der Waals surface area contributed by atoms with Crippen molar-refractivity contribution in [3.8, 4) is 11.1 Å². The van der Waals surface area contributed by atoms with E-state index in [1.165, 1.54) is 24.4 Å². The van der Waals surface area contributed by atoms with E-state index in [0.717, 1.165) is 11.5 Å². The molecule has 1 atom stereocenters. The molecule has 1 N–H and O–H groups in total. The molecule has 176 valence electrons. The maximum Gasteiger partial charge on any atom is 0.417 e. The molecule has 1 aromatic heterocycles. The zero-order valence-corrected chi connectivity index (χ0v) is 19.2. The average Bonchev–Trinajstić information content (AvgIpc) is 2.74. The van der Waals surface area contributed by atoms with E-state index in [2.05, 4.69) is 4.98 Å². The smallest absolute Gasteiger partial charge is 0.417 e. The number of carbonyl (C=O) groups is 1. The minimum atomic E-state index is -4.56. The predicted molar refractivity (Wildman–Crippen MR) is 126 cm³/mol. The topological polar surface area (TPSA) is 59.4 Å². The van der Waals surface area contributed by atoms with E-state index in [1.807, 2.05) is 30.3 Å². The first-order chi connectivity index (χ1) is 15.9. The van der Waals surface area contributed by atoms with Gasteiger partial charge < -0.3 is 9.84 Å². The first-order valence-corrected chi connectivity index (χ1v) is 10.8. The number of hydrogen-bond acceptors (Lipinski definition) is 3. The fraction of sp³-hybridized carbons (Fsp3) is 0.259. The van der Waals surface area contributed by atoms with E-state index < -0.39 is 29.4 Å². The molecule has 0 radical (unpaired) electrons. The molecule has 7 heteroatoms. The van der Waals surface area contributed by atoms with Gasteiger partial charge in [-0.15, -0.1) is 0 Å². The number of pyridine rings is 1. The van der Waals surface area contributed by atoms with Gasteiger partial charge in [0.1, 0.15) is 0 Å². The third kappa shape index (κ3) is 4.35. The van der Waals surface area contributed by atoms with E-state index in [1.54, 1.807) is 27.7 Å². The average molecular weight is 467 g/mol. The summed E-state index contributed by atoms with van der Waals surface area (Å²) >= 11 is 0. The standard InChI is InChI=1S/C27H24F3NO3/c1-15-14-16-8-5-6-9-17(16)22(21(15)24(25(32)33)34-26(2,3)4)19-11-12-20(27(28,29)30)18-10-7-13-31-23(18)19/h5-14,24H,1-4H3,(H,32,33)/t24-/m0/s1. The number of carboxylic acid groups (broad SMARTS) is 1. The summed E-state index contributed by atoms with van der Waals surface area (Å²) in [5, 5.41) is 11.6. The zero-order valence-electron chi connectivity index (χ0n) is 19.2. The number of halogens is 3. The molecule has 34 heavy (non-hydrogen) atoms. The molecule has 0 bridgehead atoms. The molecule has 4 aromatic rings. The van der Waals surface area contributed by atoms with Crippen molar-refractivity contribution in [2.24, 2.45) is 0 Å². The molecule has 0 fully saturated rings. The molecule has 0 spiro atoms. The summed E-state index contributed by atoms with van der Waals surface area (Å²) in [6.07, 6.45) is -4.46. The van der Waals surface area contributed by atoms with Crippen molar-refractivity contribution >= 4 is 27.6 Å². The van der Waals surface area contributed by atoms with Gasteiger partial charge in [-0.05, 0) is 61.7 Å². The number of fused-ring (bicyclic) bond motifs is 2. The number of carboxylic acids is 1. The normalized spacial score (nSPS) is 13.4. The Balaban J connectivity index is 2.16. The highest BCUT2D eigenvalue weighted by atomic mass is 19.4. The van der Waals surface area contributed by atoms with Gasteiger partial charge in [0.15, 0.2) is 6.10 Å². The van der Waals surface area contributed by atoms with Crippen LogP contribution in [0.1, 0.15) is 43.6 Å². The van der Waals surface area contributed by atoms with Gasteiger partial charge in [-0.3, -0.25) is 4.98 Å². The van der Waals surface area contributed by atoms with E-state index in [0.29, 0.717) is 27.6 Å². The van der Waals surface area contributed by atoms with Crippen LogP contribution in [0.15, 0.2) is 60.8 Å². The van der Waals surface area contributed by atoms with Crippen LogP contribution < -0.4 is 0 Å². The van der Waals surface area contributed by atoms with Crippen LogP contribution in [0.3, 0.4) is 0 Å². The lowest BCUT2D eigenvalue weighted by atomic mass is 9.85. The molecule has 0 saturated heterocycles. The molecule has 4 nitrogen and oxygen atoms in total. The van der Waals surface area contributed by atoms with Crippen LogP contribution in [-0.2, 0) is 15.7 Å². The number of rotatable bonds is 4. The van der Waals surface area contributed by atoms with Crippen LogP contribution in [-0.4, -0.2) is 21.7 Å². The van der Waals surface area contributed by atoms with Crippen molar-refractivity contribution in [2.45, 2.75) is 45.6 Å². The molecule has 0 amide bonds. The minimum absolute atomic E-state index is 0.0485. The van der Waals surface area contributed by atoms with Crippen LogP contribution in [0.5, 0.6) is 0 Å². The summed E-state index contributed by atoms with van der Waals surface area (Å²) in [6.45, 7) is 7.06. The summed E-state index contributed by atoms with van der Waals surface area (Å²) < 4.78 is 47.2. The fourth-order valence-corrected chi connectivity index (χ4v) is 4.34. The number of nitrogens with zero attached hydrogens (tertiary/aromatic N) is 1. The van der Waals surface area contributed by atoms with Gasteiger partial charge in [0, 0.05) is 22.7 Å². The number of hydrogen-bond donors (Lipinski definition) is 1. The third-order valence-corrected chi connectivity index (χ3v) is 5.60. The summed E-state index contributed by atoms with van der Waals surface area (Å²) in [5.41, 5.74) is 0.556. The van der Waals surface area contributed by atoms with Gasteiger partial charge >= 0.3 is 12.1 Å². The second kappa shape index (κ2) is 8.40. The highest BCUT2D eigenvalue weighted by Crippen LogP contribution is 2.44. The third-order valence-electron chi connectivity index (χ3n) is 5.60.